The van der Waals surface area contributed by atoms with E-state index in [4.69, 9.17) is 4.74 Å². The summed E-state index contributed by atoms with van der Waals surface area (Å²) < 4.78 is 10.6. The Labute approximate surface area is 142 Å². The number of hydrogen-bond donors (Lipinski definition) is 1. The molecule has 0 spiro atoms. The van der Waals surface area contributed by atoms with Crippen molar-refractivity contribution in [2.45, 2.75) is 92.4 Å². The zero-order chi connectivity index (χ0) is 18.8. The van der Waals surface area contributed by atoms with Crippen molar-refractivity contribution in [2.75, 3.05) is 7.11 Å². The highest BCUT2D eigenvalue weighted by atomic mass is 16.5. The molecular weight excluding hydrogens is 294 g/mol. The third-order valence-corrected chi connectivity index (χ3v) is 3.43. The first-order valence-electron chi connectivity index (χ1n) is 8.61. The molecular formula is C18H37NO4. The minimum Gasteiger partial charge on any atom is -0.453 e. The average molecular weight is 331 g/mol. The molecule has 1 saturated heterocycles. The molecule has 1 N–H and O–H groups in total. The molecule has 1 aliphatic heterocycles. The van der Waals surface area contributed by atoms with Crippen LogP contribution in [0.3, 0.4) is 0 Å². The summed E-state index contributed by atoms with van der Waals surface area (Å²) in [5.74, 6) is -0.000694. The lowest BCUT2D eigenvalue weighted by Gasteiger charge is -2.47. The predicted molar refractivity (Wildman–Crippen MR) is 94.7 cm³/mol. The van der Waals surface area contributed by atoms with Crippen molar-refractivity contribution in [3.8, 4) is 0 Å². The van der Waals surface area contributed by atoms with Crippen LogP contribution >= 0.6 is 0 Å². The summed E-state index contributed by atoms with van der Waals surface area (Å²) in [5.41, 5.74) is -0.615. The van der Waals surface area contributed by atoms with Gasteiger partial charge in [-0.25, -0.2) is 4.79 Å². The summed E-state index contributed by atoms with van der Waals surface area (Å²) in [4.78, 5) is 23.2. The molecule has 1 amide bonds. The Bertz CT molecular complexity index is 348. The van der Waals surface area contributed by atoms with E-state index in [9.17, 15) is 9.59 Å². The van der Waals surface area contributed by atoms with E-state index in [0.717, 1.165) is 12.8 Å². The molecule has 0 bridgehead atoms. The summed E-state index contributed by atoms with van der Waals surface area (Å²) >= 11 is 0. The van der Waals surface area contributed by atoms with Gasteiger partial charge < -0.3 is 14.8 Å². The van der Waals surface area contributed by atoms with Gasteiger partial charge in [-0.3, -0.25) is 4.79 Å². The van der Waals surface area contributed by atoms with Crippen molar-refractivity contribution in [1.29, 1.82) is 0 Å². The second-order valence-corrected chi connectivity index (χ2v) is 6.51. The van der Waals surface area contributed by atoms with Crippen LogP contribution < -0.4 is 5.32 Å². The molecule has 0 aliphatic carbocycles. The molecule has 0 saturated carbocycles. The number of ketones is 1. The molecule has 1 unspecified atom stereocenters. The first-order valence-corrected chi connectivity index (χ1v) is 8.61. The normalized spacial score (nSPS) is 19.9. The first kappa shape index (κ1) is 24.2. The van der Waals surface area contributed by atoms with Gasteiger partial charge in [0.1, 0.15) is 0 Å². The molecule has 138 valence electrons. The minimum atomic E-state index is -0.567. The van der Waals surface area contributed by atoms with Crippen LogP contribution in [0, 0.1) is 5.92 Å². The number of Topliss-reactive ketones (excluding diaryl/α,β-unsaturated/α-hetero) is 1. The van der Waals surface area contributed by atoms with Gasteiger partial charge >= 0.3 is 6.09 Å². The molecule has 23 heavy (non-hydrogen) atoms. The molecule has 5 nitrogen and oxygen atoms in total. The molecule has 1 fully saturated rings. The van der Waals surface area contributed by atoms with E-state index in [1.54, 1.807) is 0 Å². The first-order chi connectivity index (χ1) is 10.6. The number of alkyl carbamates (subject to hydrolysis) is 1. The Kier molecular flexibility index (Phi) is 11.2. The smallest absolute Gasteiger partial charge is 0.407 e. The average Bonchev–Trinajstić information content (AvgIpc) is 2.45. The Hall–Kier alpha value is -1.10. The summed E-state index contributed by atoms with van der Waals surface area (Å²) in [6, 6.07) is -0.519. The molecule has 0 radical (unpaired) electrons. The van der Waals surface area contributed by atoms with E-state index in [1.165, 1.54) is 14.0 Å². The lowest BCUT2D eigenvalue weighted by Crippen LogP contribution is -2.54. The van der Waals surface area contributed by atoms with Crippen LogP contribution in [0.15, 0.2) is 0 Å². The second-order valence-electron chi connectivity index (χ2n) is 6.51. The number of ether oxygens (including phenoxy) is 2. The Morgan fingerprint density at radius 2 is 1.43 bits per heavy atom. The molecule has 0 aromatic carbocycles. The van der Waals surface area contributed by atoms with Gasteiger partial charge in [-0.1, -0.05) is 27.7 Å². The van der Waals surface area contributed by atoms with Gasteiger partial charge in [-0.05, 0) is 53.4 Å². The third-order valence-electron chi connectivity index (χ3n) is 3.43. The molecule has 1 aliphatic rings. The maximum Gasteiger partial charge on any atom is 0.407 e. The topological polar surface area (TPSA) is 64.6 Å². The predicted octanol–water partition coefficient (Wildman–Crippen LogP) is 4.34. The van der Waals surface area contributed by atoms with E-state index in [1.807, 2.05) is 55.4 Å². The fourth-order valence-electron chi connectivity index (χ4n) is 3.14. The number of rotatable bonds is 3. The van der Waals surface area contributed by atoms with Gasteiger partial charge in [0.2, 0.25) is 0 Å². The third kappa shape index (κ3) is 8.94. The fourth-order valence-corrected chi connectivity index (χ4v) is 3.14. The zero-order valence-electron chi connectivity index (χ0n) is 16.7. The molecule has 1 rings (SSSR count). The van der Waals surface area contributed by atoms with Gasteiger partial charge in [0.15, 0.2) is 5.78 Å². The number of carbonyl (C=O) groups is 2. The Morgan fingerprint density at radius 1 is 1.04 bits per heavy atom. The maximum atomic E-state index is 11.8. The lowest BCUT2D eigenvalue weighted by atomic mass is 9.76. The van der Waals surface area contributed by atoms with E-state index in [2.05, 4.69) is 10.1 Å². The van der Waals surface area contributed by atoms with Gasteiger partial charge in [-0.2, -0.15) is 0 Å². The molecule has 1 atom stereocenters. The van der Waals surface area contributed by atoms with Crippen LogP contribution in [-0.4, -0.2) is 36.2 Å². The molecule has 0 aromatic rings. The second kappa shape index (κ2) is 10.6. The largest absolute Gasteiger partial charge is 0.453 e. The van der Waals surface area contributed by atoms with Crippen molar-refractivity contribution in [1.82, 2.24) is 5.32 Å². The zero-order valence-corrected chi connectivity index (χ0v) is 16.7. The van der Waals surface area contributed by atoms with Gasteiger partial charge in [0, 0.05) is 0 Å². The van der Waals surface area contributed by atoms with Gasteiger partial charge in [-0.15, -0.1) is 0 Å². The van der Waals surface area contributed by atoms with E-state index in [-0.39, 0.29) is 22.9 Å². The number of carbonyl (C=O) groups excluding carboxylic acids is 2. The van der Waals surface area contributed by atoms with Crippen molar-refractivity contribution in [3.63, 3.8) is 0 Å². The van der Waals surface area contributed by atoms with Crippen LogP contribution in [0.25, 0.3) is 0 Å². The van der Waals surface area contributed by atoms with Crippen molar-refractivity contribution < 1.29 is 19.1 Å². The highest BCUT2D eigenvalue weighted by molar-refractivity contribution is 5.85. The van der Waals surface area contributed by atoms with E-state index < -0.39 is 12.1 Å². The van der Waals surface area contributed by atoms with Crippen LogP contribution in [0.2, 0.25) is 0 Å². The fraction of sp³-hybridized carbons (Fsp3) is 0.889. The van der Waals surface area contributed by atoms with Crippen LogP contribution in [0.5, 0.6) is 0 Å². The number of hydrogen-bond acceptors (Lipinski definition) is 4. The van der Waals surface area contributed by atoms with Crippen molar-refractivity contribution in [2.24, 2.45) is 5.92 Å². The Balaban J connectivity index is 0. The quantitative estimate of drug-likeness (QED) is 0.835. The summed E-state index contributed by atoms with van der Waals surface area (Å²) in [7, 11) is 1.30. The van der Waals surface area contributed by atoms with Crippen LogP contribution in [0.4, 0.5) is 4.79 Å². The SMILES string of the molecule is CC.CC.COC(=O)NC(C(C)=O)C1CC(C)(C)OC(C)(C)C1. The number of amides is 1. The van der Waals surface area contributed by atoms with Crippen LogP contribution in [0.1, 0.15) is 75.2 Å². The Morgan fingerprint density at radius 3 is 1.74 bits per heavy atom. The minimum absolute atomic E-state index is 0.0512. The highest BCUT2D eigenvalue weighted by Gasteiger charge is 2.43. The monoisotopic (exact) mass is 331 g/mol. The van der Waals surface area contributed by atoms with Crippen molar-refractivity contribution in [3.05, 3.63) is 0 Å². The molecule has 5 heteroatoms. The lowest BCUT2D eigenvalue weighted by molar-refractivity contribution is -0.176. The van der Waals surface area contributed by atoms with Crippen LogP contribution in [-0.2, 0) is 14.3 Å². The number of nitrogens with one attached hydrogen (secondary N) is 1. The number of methoxy groups -OCH3 is 1. The standard InChI is InChI=1S/C14H25NO4.2C2H6/c1-9(16)11(15-12(17)18-6)10-7-13(2,3)19-14(4,5)8-10;2*1-2/h10-11H,7-8H2,1-6H3,(H,15,17);2*1-2H3. The van der Waals surface area contributed by atoms with E-state index >= 15 is 0 Å². The van der Waals surface area contributed by atoms with Gasteiger partial charge in [0.25, 0.3) is 0 Å². The van der Waals surface area contributed by atoms with Gasteiger partial charge in [0.05, 0.1) is 24.4 Å². The van der Waals surface area contributed by atoms with E-state index in [0.29, 0.717) is 0 Å². The highest BCUT2D eigenvalue weighted by Crippen LogP contribution is 2.39. The summed E-state index contributed by atoms with van der Waals surface area (Å²) in [6.07, 6.45) is 0.886. The van der Waals surface area contributed by atoms with Crippen molar-refractivity contribution >= 4 is 11.9 Å². The summed E-state index contributed by atoms with van der Waals surface area (Å²) in [5, 5.41) is 2.65. The molecule has 0 aromatic heterocycles. The maximum absolute atomic E-state index is 11.8. The summed E-state index contributed by atoms with van der Waals surface area (Å²) in [6.45, 7) is 17.5. The molecule has 1 heterocycles.